The predicted molar refractivity (Wildman–Crippen MR) is 72.7 cm³/mol. The monoisotopic (exact) mass is 233 g/mol. The fourth-order valence-electron chi connectivity index (χ4n) is 2.12. The van der Waals surface area contributed by atoms with Gasteiger partial charge in [0.1, 0.15) is 0 Å². The molecule has 0 saturated heterocycles. The van der Waals surface area contributed by atoms with Crippen LogP contribution in [0.2, 0.25) is 0 Å². The van der Waals surface area contributed by atoms with Crippen molar-refractivity contribution in [3.8, 4) is 0 Å². The maximum atomic E-state index is 11.5. The normalized spacial score (nSPS) is 17.6. The molecule has 0 unspecified atom stereocenters. The van der Waals surface area contributed by atoms with E-state index in [1.807, 2.05) is 24.3 Å². The summed E-state index contributed by atoms with van der Waals surface area (Å²) in [5, 5.41) is 3.01. The molecule has 1 fully saturated rings. The first kappa shape index (κ1) is 13.8. The number of carbonyl (C=O) groups is 1. The third-order valence-electron chi connectivity index (χ3n) is 3.11. The Labute approximate surface area is 104 Å². The Bertz CT molecular complexity index is 285. The molecular formula is C15H23NO. The second-order valence-electron chi connectivity index (χ2n) is 4.56. The molecule has 0 radical (unpaired) electrons. The number of nitrogens with one attached hydrogen (secondary N) is 1. The molecule has 0 aromatic rings. The SMILES string of the molecule is C=C/C=C\C=C\CC(=O)NCC1CCCCC1. The number of hydrogen-bond acceptors (Lipinski definition) is 1. The van der Waals surface area contributed by atoms with Crippen LogP contribution in [0.3, 0.4) is 0 Å². The smallest absolute Gasteiger partial charge is 0.223 e. The Kier molecular flexibility index (Phi) is 7.12. The molecule has 1 amide bonds. The van der Waals surface area contributed by atoms with Gasteiger partial charge in [0, 0.05) is 13.0 Å². The van der Waals surface area contributed by atoms with Crippen molar-refractivity contribution in [1.29, 1.82) is 0 Å². The summed E-state index contributed by atoms with van der Waals surface area (Å²) in [4.78, 5) is 11.5. The summed E-state index contributed by atoms with van der Waals surface area (Å²) < 4.78 is 0. The van der Waals surface area contributed by atoms with E-state index in [-0.39, 0.29) is 5.91 Å². The largest absolute Gasteiger partial charge is 0.356 e. The number of carbonyl (C=O) groups excluding carboxylic acids is 1. The molecule has 0 atom stereocenters. The summed E-state index contributed by atoms with van der Waals surface area (Å²) >= 11 is 0. The van der Waals surface area contributed by atoms with Crippen LogP contribution in [0.25, 0.3) is 0 Å². The minimum Gasteiger partial charge on any atom is -0.356 e. The molecule has 0 aromatic heterocycles. The molecule has 1 aliphatic rings. The molecule has 0 aliphatic heterocycles. The second kappa shape index (κ2) is 8.80. The summed E-state index contributed by atoms with van der Waals surface area (Å²) in [6, 6.07) is 0. The van der Waals surface area contributed by atoms with Crippen LogP contribution >= 0.6 is 0 Å². The zero-order valence-electron chi connectivity index (χ0n) is 10.5. The van der Waals surface area contributed by atoms with E-state index in [4.69, 9.17) is 0 Å². The number of amides is 1. The molecule has 0 heterocycles. The van der Waals surface area contributed by atoms with E-state index in [2.05, 4.69) is 11.9 Å². The van der Waals surface area contributed by atoms with E-state index < -0.39 is 0 Å². The first-order chi connectivity index (χ1) is 8.33. The molecular weight excluding hydrogens is 210 g/mol. The van der Waals surface area contributed by atoms with E-state index in [0.29, 0.717) is 12.3 Å². The molecule has 2 heteroatoms. The quantitative estimate of drug-likeness (QED) is 0.700. The van der Waals surface area contributed by atoms with Crippen molar-refractivity contribution in [3.63, 3.8) is 0 Å². The fraction of sp³-hybridized carbons (Fsp3) is 0.533. The van der Waals surface area contributed by atoms with Gasteiger partial charge in [-0.25, -0.2) is 0 Å². The van der Waals surface area contributed by atoms with Crippen molar-refractivity contribution in [2.24, 2.45) is 5.92 Å². The van der Waals surface area contributed by atoms with Crippen LogP contribution in [0.4, 0.5) is 0 Å². The third-order valence-corrected chi connectivity index (χ3v) is 3.11. The van der Waals surface area contributed by atoms with Gasteiger partial charge in [0.2, 0.25) is 5.91 Å². The van der Waals surface area contributed by atoms with Crippen LogP contribution in [-0.4, -0.2) is 12.5 Å². The molecule has 0 aromatic carbocycles. The highest BCUT2D eigenvalue weighted by atomic mass is 16.1. The van der Waals surface area contributed by atoms with E-state index in [1.165, 1.54) is 32.1 Å². The molecule has 0 bridgehead atoms. The van der Waals surface area contributed by atoms with Crippen molar-refractivity contribution in [2.45, 2.75) is 38.5 Å². The van der Waals surface area contributed by atoms with Crippen molar-refractivity contribution < 1.29 is 4.79 Å². The van der Waals surface area contributed by atoms with Gasteiger partial charge in [-0.2, -0.15) is 0 Å². The van der Waals surface area contributed by atoms with E-state index in [1.54, 1.807) is 6.08 Å². The standard InChI is InChI=1S/C15H23NO/c1-2-3-4-5-9-12-15(17)16-13-14-10-7-6-8-11-14/h2-5,9,14H,1,6-8,10-13H2,(H,16,17)/b4-3-,9-5+. The maximum Gasteiger partial charge on any atom is 0.223 e. The first-order valence-electron chi connectivity index (χ1n) is 6.54. The van der Waals surface area contributed by atoms with Gasteiger partial charge in [0.25, 0.3) is 0 Å². The van der Waals surface area contributed by atoms with E-state index in [9.17, 15) is 4.79 Å². The van der Waals surface area contributed by atoms with Crippen LogP contribution in [0.1, 0.15) is 38.5 Å². The Morgan fingerprint density at radius 3 is 2.65 bits per heavy atom. The Morgan fingerprint density at radius 1 is 1.18 bits per heavy atom. The summed E-state index contributed by atoms with van der Waals surface area (Å²) in [5.41, 5.74) is 0. The number of allylic oxidation sites excluding steroid dienone is 4. The zero-order valence-corrected chi connectivity index (χ0v) is 10.5. The Morgan fingerprint density at radius 2 is 1.94 bits per heavy atom. The van der Waals surface area contributed by atoms with Gasteiger partial charge in [0.05, 0.1) is 0 Å². The van der Waals surface area contributed by atoms with E-state index >= 15 is 0 Å². The molecule has 17 heavy (non-hydrogen) atoms. The first-order valence-corrected chi connectivity index (χ1v) is 6.54. The Hall–Kier alpha value is -1.31. The van der Waals surface area contributed by atoms with Crippen LogP contribution < -0.4 is 5.32 Å². The molecule has 94 valence electrons. The lowest BCUT2D eigenvalue weighted by Gasteiger charge is -2.21. The van der Waals surface area contributed by atoms with Gasteiger partial charge in [-0.15, -0.1) is 0 Å². The van der Waals surface area contributed by atoms with Crippen LogP contribution in [0.15, 0.2) is 37.0 Å². The fourth-order valence-corrected chi connectivity index (χ4v) is 2.12. The summed E-state index contributed by atoms with van der Waals surface area (Å²) in [6.07, 6.45) is 16.2. The lowest BCUT2D eigenvalue weighted by molar-refractivity contribution is -0.120. The number of rotatable bonds is 6. The van der Waals surface area contributed by atoms with Crippen molar-refractivity contribution in [1.82, 2.24) is 5.32 Å². The Balaban J connectivity index is 2.09. The lowest BCUT2D eigenvalue weighted by atomic mass is 9.89. The topological polar surface area (TPSA) is 29.1 Å². The molecule has 1 saturated carbocycles. The molecule has 0 spiro atoms. The highest BCUT2D eigenvalue weighted by Crippen LogP contribution is 2.22. The molecule has 1 aliphatic carbocycles. The van der Waals surface area contributed by atoms with Crippen LogP contribution in [0, 0.1) is 5.92 Å². The average molecular weight is 233 g/mol. The molecule has 1 rings (SSSR count). The predicted octanol–water partition coefficient (Wildman–Crippen LogP) is 3.37. The van der Waals surface area contributed by atoms with Crippen LogP contribution in [0.5, 0.6) is 0 Å². The van der Waals surface area contributed by atoms with Gasteiger partial charge in [0.15, 0.2) is 0 Å². The van der Waals surface area contributed by atoms with Crippen molar-refractivity contribution in [3.05, 3.63) is 37.0 Å². The van der Waals surface area contributed by atoms with Crippen molar-refractivity contribution in [2.75, 3.05) is 6.54 Å². The minimum atomic E-state index is 0.124. The summed E-state index contributed by atoms with van der Waals surface area (Å²) in [6.45, 7) is 4.43. The number of hydrogen-bond donors (Lipinski definition) is 1. The van der Waals surface area contributed by atoms with Gasteiger partial charge in [-0.3, -0.25) is 4.79 Å². The second-order valence-corrected chi connectivity index (χ2v) is 4.56. The van der Waals surface area contributed by atoms with Gasteiger partial charge >= 0.3 is 0 Å². The summed E-state index contributed by atoms with van der Waals surface area (Å²) in [7, 11) is 0. The van der Waals surface area contributed by atoms with Gasteiger partial charge in [-0.05, 0) is 18.8 Å². The lowest BCUT2D eigenvalue weighted by Crippen LogP contribution is -2.29. The molecule has 2 nitrogen and oxygen atoms in total. The van der Waals surface area contributed by atoms with Gasteiger partial charge < -0.3 is 5.32 Å². The van der Waals surface area contributed by atoms with E-state index in [0.717, 1.165) is 6.54 Å². The minimum absolute atomic E-state index is 0.124. The van der Waals surface area contributed by atoms with Crippen molar-refractivity contribution >= 4 is 5.91 Å². The highest BCUT2D eigenvalue weighted by Gasteiger charge is 2.13. The highest BCUT2D eigenvalue weighted by molar-refractivity contribution is 5.77. The molecule has 1 N–H and O–H groups in total. The van der Waals surface area contributed by atoms with Gasteiger partial charge in [-0.1, -0.05) is 56.2 Å². The van der Waals surface area contributed by atoms with Crippen LogP contribution in [-0.2, 0) is 4.79 Å². The average Bonchev–Trinajstić information content (AvgIpc) is 2.37. The zero-order chi connectivity index (χ0) is 12.3. The third kappa shape index (κ3) is 6.77. The summed E-state index contributed by atoms with van der Waals surface area (Å²) in [5.74, 6) is 0.830. The maximum absolute atomic E-state index is 11.5.